The summed E-state index contributed by atoms with van der Waals surface area (Å²) in [6.07, 6.45) is 0.992. The zero-order valence-electron chi connectivity index (χ0n) is 15.4. The van der Waals surface area contributed by atoms with Gasteiger partial charge >= 0.3 is 5.97 Å². The average molecular weight is 392 g/mol. The second kappa shape index (κ2) is 9.28. The molecule has 0 aliphatic heterocycles. The highest BCUT2D eigenvalue weighted by Crippen LogP contribution is 2.36. The molecule has 0 aromatic heterocycles. The van der Waals surface area contributed by atoms with Crippen molar-refractivity contribution >= 4 is 29.2 Å². The molecule has 0 saturated heterocycles. The molecule has 2 N–H and O–H groups in total. The van der Waals surface area contributed by atoms with Crippen molar-refractivity contribution in [1.29, 1.82) is 0 Å². The predicted octanol–water partition coefficient (Wildman–Crippen LogP) is 4.26. The number of carbonyl (C=O) groups is 2. The van der Waals surface area contributed by atoms with E-state index in [2.05, 4.69) is 5.32 Å². The van der Waals surface area contributed by atoms with Gasteiger partial charge in [-0.15, -0.1) is 0 Å². The number of ether oxygens (including phenoxy) is 2. The highest BCUT2D eigenvalue weighted by Gasteiger charge is 2.18. The Morgan fingerprint density at radius 3 is 2.37 bits per heavy atom. The maximum atomic E-state index is 12.4. The summed E-state index contributed by atoms with van der Waals surface area (Å²) in [5.74, 6) is -0.758. The molecular weight excluding hydrogens is 370 g/mol. The van der Waals surface area contributed by atoms with Crippen LogP contribution < -0.4 is 14.8 Å². The van der Waals surface area contributed by atoms with Crippen LogP contribution in [0.25, 0.3) is 0 Å². The van der Waals surface area contributed by atoms with Crippen LogP contribution in [-0.4, -0.2) is 31.2 Å². The third-order valence-electron chi connectivity index (χ3n) is 4.03. The van der Waals surface area contributed by atoms with E-state index in [-0.39, 0.29) is 41.0 Å². The molecule has 1 amide bonds. The number of carboxylic acid groups (broad SMARTS) is 1. The van der Waals surface area contributed by atoms with E-state index in [0.717, 1.165) is 12.0 Å². The first kappa shape index (κ1) is 20.6. The van der Waals surface area contributed by atoms with Crippen molar-refractivity contribution in [1.82, 2.24) is 0 Å². The van der Waals surface area contributed by atoms with E-state index >= 15 is 0 Å². The Bertz CT molecular complexity index is 820. The van der Waals surface area contributed by atoms with Gasteiger partial charge in [0.15, 0.2) is 11.5 Å². The normalized spacial score (nSPS) is 11.6. The first-order chi connectivity index (χ1) is 12.8. The number of aromatic carboxylic acids is 1. The van der Waals surface area contributed by atoms with Gasteiger partial charge in [-0.3, -0.25) is 4.79 Å². The fraction of sp³-hybridized carbons (Fsp3) is 0.300. The fourth-order valence-corrected chi connectivity index (χ4v) is 2.92. The third kappa shape index (κ3) is 5.62. The van der Waals surface area contributed by atoms with Crippen LogP contribution in [0.3, 0.4) is 0 Å². The molecule has 6 nitrogen and oxygen atoms in total. The lowest BCUT2D eigenvalue weighted by atomic mass is 9.98. The van der Waals surface area contributed by atoms with Gasteiger partial charge in [-0.25, -0.2) is 4.79 Å². The van der Waals surface area contributed by atoms with Crippen molar-refractivity contribution in [2.24, 2.45) is 5.92 Å². The van der Waals surface area contributed by atoms with E-state index in [1.165, 1.54) is 26.4 Å². The first-order valence-corrected chi connectivity index (χ1v) is 8.75. The van der Waals surface area contributed by atoms with Crippen molar-refractivity contribution in [3.8, 4) is 11.5 Å². The lowest BCUT2D eigenvalue weighted by Crippen LogP contribution is -2.17. The number of methoxy groups -OCH3 is 2. The Morgan fingerprint density at radius 1 is 1.15 bits per heavy atom. The molecular formula is C20H22ClNO5. The van der Waals surface area contributed by atoms with Crippen LogP contribution >= 0.6 is 11.6 Å². The number of amides is 1. The van der Waals surface area contributed by atoms with Gasteiger partial charge in [0, 0.05) is 11.4 Å². The zero-order valence-corrected chi connectivity index (χ0v) is 16.2. The molecule has 0 fully saturated rings. The van der Waals surface area contributed by atoms with Crippen molar-refractivity contribution < 1.29 is 24.2 Å². The standard InChI is InChI=1S/C20H22ClNO5/c1-12(8-13-4-6-15(21)7-5-13)9-18(23)22-16-10-14(20(24)25)11-17(26-2)19(16)27-3/h4-7,10-12H,8-9H2,1-3H3,(H,22,23)(H,24,25). The van der Waals surface area contributed by atoms with E-state index in [9.17, 15) is 14.7 Å². The molecule has 27 heavy (non-hydrogen) atoms. The topological polar surface area (TPSA) is 84.9 Å². The molecule has 0 spiro atoms. The summed E-state index contributed by atoms with van der Waals surface area (Å²) in [4.78, 5) is 23.7. The molecule has 0 aliphatic rings. The molecule has 1 atom stereocenters. The fourth-order valence-electron chi connectivity index (χ4n) is 2.79. The van der Waals surface area contributed by atoms with E-state index in [4.69, 9.17) is 21.1 Å². The van der Waals surface area contributed by atoms with Gasteiger partial charge in [0.1, 0.15) is 0 Å². The maximum Gasteiger partial charge on any atom is 0.335 e. The van der Waals surface area contributed by atoms with E-state index in [1.54, 1.807) is 0 Å². The van der Waals surface area contributed by atoms with Crippen LogP contribution in [0.15, 0.2) is 36.4 Å². The Balaban J connectivity index is 2.10. The number of halogens is 1. The summed E-state index contributed by atoms with van der Waals surface area (Å²) >= 11 is 5.88. The largest absolute Gasteiger partial charge is 0.493 e. The van der Waals surface area contributed by atoms with Crippen LogP contribution in [0.4, 0.5) is 5.69 Å². The molecule has 1 unspecified atom stereocenters. The van der Waals surface area contributed by atoms with Gasteiger partial charge < -0.3 is 19.9 Å². The second-order valence-corrected chi connectivity index (χ2v) is 6.69. The number of hydrogen-bond donors (Lipinski definition) is 2. The Hall–Kier alpha value is -2.73. The predicted molar refractivity (Wildman–Crippen MR) is 104 cm³/mol. The molecule has 0 bridgehead atoms. The lowest BCUT2D eigenvalue weighted by Gasteiger charge is -2.16. The summed E-state index contributed by atoms with van der Waals surface area (Å²) in [5, 5.41) is 12.6. The number of nitrogens with one attached hydrogen (secondary N) is 1. The number of anilines is 1. The van der Waals surface area contributed by atoms with Gasteiger partial charge in [-0.2, -0.15) is 0 Å². The van der Waals surface area contributed by atoms with E-state index < -0.39 is 5.97 Å². The molecule has 0 radical (unpaired) electrons. The van der Waals surface area contributed by atoms with Gasteiger partial charge in [0.2, 0.25) is 5.91 Å². The Labute approximate surface area is 163 Å². The van der Waals surface area contributed by atoms with Crippen LogP contribution in [0.5, 0.6) is 11.5 Å². The molecule has 144 valence electrons. The molecule has 0 aliphatic carbocycles. The SMILES string of the molecule is COc1cc(C(=O)O)cc(NC(=O)CC(C)Cc2ccc(Cl)cc2)c1OC. The number of benzene rings is 2. The third-order valence-corrected chi connectivity index (χ3v) is 4.28. The molecule has 0 saturated carbocycles. The molecule has 2 aromatic carbocycles. The van der Waals surface area contributed by atoms with Crippen LogP contribution in [0, 0.1) is 5.92 Å². The van der Waals surface area contributed by atoms with Crippen LogP contribution in [0.1, 0.15) is 29.3 Å². The average Bonchev–Trinajstić information content (AvgIpc) is 2.62. The summed E-state index contributed by atoms with van der Waals surface area (Å²) in [5.41, 5.74) is 1.35. The number of carbonyl (C=O) groups excluding carboxylic acids is 1. The van der Waals surface area contributed by atoms with Crippen molar-refractivity contribution in [3.63, 3.8) is 0 Å². The first-order valence-electron chi connectivity index (χ1n) is 8.37. The molecule has 0 heterocycles. The Morgan fingerprint density at radius 2 is 1.81 bits per heavy atom. The number of hydrogen-bond acceptors (Lipinski definition) is 4. The lowest BCUT2D eigenvalue weighted by molar-refractivity contribution is -0.117. The van der Waals surface area contributed by atoms with E-state index in [1.807, 2.05) is 31.2 Å². The summed E-state index contributed by atoms with van der Waals surface area (Å²) in [6, 6.07) is 10.2. The van der Waals surface area contributed by atoms with Gasteiger partial charge in [0.05, 0.1) is 25.5 Å². The van der Waals surface area contributed by atoms with Crippen LogP contribution in [0.2, 0.25) is 5.02 Å². The van der Waals surface area contributed by atoms with E-state index in [0.29, 0.717) is 5.02 Å². The van der Waals surface area contributed by atoms with Gasteiger partial charge in [-0.05, 0) is 42.2 Å². The molecule has 7 heteroatoms. The summed E-state index contributed by atoms with van der Waals surface area (Å²) < 4.78 is 10.4. The molecule has 2 rings (SSSR count). The summed E-state index contributed by atoms with van der Waals surface area (Å²) in [6.45, 7) is 1.97. The minimum atomic E-state index is -1.12. The highest BCUT2D eigenvalue weighted by molar-refractivity contribution is 6.30. The van der Waals surface area contributed by atoms with Gasteiger partial charge in [-0.1, -0.05) is 30.7 Å². The maximum absolute atomic E-state index is 12.4. The number of rotatable bonds is 8. The summed E-state index contributed by atoms with van der Waals surface area (Å²) in [7, 11) is 2.83. The smallest absolute Gasteiger partial charge is 0.335 e. The van der Waals surface area contributed by atoms with Gasteiger partial charge in [0.25, 0.3) is 0 Å². The highest BCUT2D eigenvalue weighted by atomic mass is 35.5. The zero-order chi connectivity index (χ0) is 20.0. The monoisotopic (exact) mass is 391 g/mol. The van der Waals surface area contributed by atoms with Crippen molar-refractivity contribution in [3.05, 3.63) is 52.5 Å². The van der Waals surface area contributed by atoms with Crippen LogP contribution in [-0.2, 0) is 11.2 Å². The minimum absolute atomic E-state index is 0.00263. The second-order valence-electron chi connectivity index (χ2n) is 6.25. The minimum Gasteiger partial charge on any atom is -0.493 e. The molecule has 2 aromatic rings. The number of carboxylic acids is 1. The Kier molecular flexibility index (Phi) is 7.07. The van der Waals surface area contributed by atoms with Crippen molar-refractivity contribution in [2.75, 3.05) is 19.5 Å². The quantitative estimate of drug-likeness (QED) is 0.702. The van der Waals surface area contributed by atoms with Crippen molar-refractivity contribution in [2.45, 2.75) is 19.8 Å².